The SMILES string of the molecule is Cc1ccc(F)c2[nH]c(CN3CC4CC(C3)N4CC(=O)NC3(C(F)(F)F)COC3)nc12. The lowest BCUT2D eigenvalue weighted by Crippen LogP contribution is -2.73. The molecule has 4 aliphatic heterocycles. The number of carbonyl (C=O) groups is 1. The second-order valence-corrected chi connectivity index (χ2v) is 8.80. The largest absolute Gasteiger partial charge is 0.416 e. The molecule has 2 N–H and O–H groups in total. The summed E-state index contributed by atoms with van der Waals surface area (Å²) in [5.41, 5.74) is -0.348. The maximum Gasteiger partial charge on any atom is 0.416 e. The minimum absolute atomic E-state index is 0.0595. The van der Waals surface area contributed by atoms with Crippen molar-refractivity contribution >= 4 is 16.9 Å². The fraction of sp³-hybridized carbons (Fsp3) is 0.600. The van der Waals surface area contributed by atoms with Crippen molar-refractivity contribution in [3.05, 3.63) is 29.3 Å². The molecule has 7 nitrogen and oxygen atoms in total. The van der Waals surface area contributed by atoms with Crippen molar-refractivity contribution in [2.45, 2.75) is 43.7 Å². The maximum atomic E-state index is 14.0. The number of amides is 1. The number of piperazine rings is 1. The minimum atomic E-state index is -4.53. The summed E-state index contributed by atoms with van der Waals surface area (Å²) in [6.45, 7) is 2.61. The molecule has 6 rings (SSSR count). The smallest absolute Gasteiger partial charge is 0.376 e. The topological polar surface area (TPSA) is 73.5 Å². The number of benzene rings is 1. The lowest BCUT2D eigenvalue weighted by atomic mass is 9.87. The van der Waals surface area contributed by atoms with Gasteiger partial charge in [-0.3, -0.25) is 14.6 Å². The van der Waals surface area contributed by atoms with E-state index in [4.69, 9.17) is 4.74 Å². The third-order valence-corrected chi connectivity index (χ3v) is 6.58. The molecule has 31 heavy (non-hydrogen) atoms. The lowest BCUT2D eigenvalue weighted by Gasteiger charge is -2.56. The van der Waals surface area contributed by atoms with Gasteiger partial charge in [-0.25, -0.2) is 9.37 Å². The van der Waals surface area contributed by atoms with Gasteiger partial charge in [0, 0.05) is 25.2 Å². The molecule has 4 saturated heterocycles. The molecule has 11 heteroatoms. The van der Waals surface area contributed by atoms with Crippen LogP contribution in [0.4, 0.5) is 17.6 Å². The second kappa shape index (κ2) is 7.14. The van der Waals surface area contributed by atoms with Crippen LogP contribution in [0.1, 0.15) is 17.8 Å². The summed E-state index contributed by atoms with van der Waals surface area (Å²) < 4.78 is 58.4. The first-order chi connectivity index (χ1) is 14.6. The van der Waals surface area contributed by atoms with Gasteiger partial charge in [0.05, 0.1) is 31.8 Å². The maximum absolute atomic E-state index is 14.0. The Morgan fingerprint density at radius 2 is 2.03 bits per heavy atom. The predicted molar refractivity (Wildman–Crippen MR) is 103 cm³/mol. The standard InChI is InChI=1S/C20H23F4N5O2/c1-11-2-3-14(21)18-17(11)25-15(26-18)7-28-5-12-4-13(6-28)29(12)8-16(30)27-19(9-31-10-19)20(22,23)24/h2-3,12-13H,4-10H2,1H3,(H,25,26)(H,27,30). The van der Waals surface area contributed by atoms with E-state index in [-0.39, 0.29) is 24.4 Å². The molecule has 168 valence electrons. The van der Waals surface area contributed by atoms with Crippen molar-refractivity contribution in [2.75, 3.05) is 32.8 Å². The molecular formula is C20H23F4N5O2. The zero-order valence-corrected chi connectivity index (χ0v) is 16.9. The van der Waals surface area contributed by atoms with Crippen molar-refractivity contribution in [3.63, 3.8) is 0 Å². The van der Waals surface area contributed by atoms with Gasteiger partial charge in [0.1, 0.15) is 17.2 Å². The van der Waals surface area contributed by atoms with E-state index in [1.165, 1.54) is 6.07 Å². The molecule has 2 aromatic rings. The molecule has 1 aromatic carbocycles. The Labute approximate surface area is 175 Å². The monoisotopic (exact) mass is 441 g/mol. The molecule has 5 heterocycles. The van der Waals surface area contributed by atoms with Crippen LogP contribution in [-0.4, -0.2) is 82.3 Å². The first-order valence-electron chi connectivity index (χ1n) is 10.2. The number of alkyl halides is 3. The first kappa shape index (κ1) is 20.7. The van der Waals surface area contributed by atoms with Gasteiger partial charge in [-0.1, -0.05) is 6.07 Å². The van der Waals surface area contributed by atoms with Gasteiger partial charge in [0.2, 0.25) is 5.91 Å². The normalized spacial score (nSPS) is 25.8. The Bertz CT molecular complexity index is 968. The number of imidazole rings is 1. The highest BCUT2D eigenvalue weighted by atomic mass is 19.4. The van der Waals surface area contributed by atoms with Crippen molar-refractivity contribution in [1.29, 1.82) is 0 Å². The van der Waals surface area contributed by atoms with Gasteiger partial charge < -0.3 is 15.0 Å². The van der Waals surface area contributed by atoms with Crippen LogP contribution in [0.25, 0.3) is 11.0 Å². The Balaban J connectivity index is 1.18. The van der Waals surface area contributed by atoms with Crippen molar-refractivity contribution in [1.82, 2.24) is 25.1 Å². The van der Waals surface area contributed by atoms with E-state index in [9.17, 15) is 22.4 Å². The van der Waals surface area contributed by atoms with E-state index < -0.39 is 30.8 Å². The zero-order chi connectivity index (χ0) is 22.0. The number of hydrogen-bond donors (Lipinski definition) is 2. The number of piperidine rings is 1. The molecule has 0 aliphatic carbocycles. The Morgan fingerprint density at radius 3 is 2.61 bits per heavy atom. The molecule has 0 spiro atoms. The molecule has 4 aliphatic rings. The van der Waals surface area contributed by atoms with Gasteiger partial charge in [-0.15, -0.1) is 0 Å². The summed E-state index contributed by atoms with van der Waals surface area (Å²) in [4.78, 5) is 24.0. The number of ether oxygens (including phenoxy) is 1. The van der Waals surface area contributed by atoms with Gasteiger partial charge >= 0.3 is 6.18 Å². The van der Waals surface area contributed by atoms with Crippen molar-refractivity contribution in [3.8, 4) is 0 Å². The van der Waals surface area contributed by atoms with E-state index >= 15 is 0 Å². The Morgan fingerprint density at radius 1 is 1.32 bits per heavy atom. The van der Waals surface area contributed by atoms with Crippen LogP contribution in [0.15, 0.2) is 12.1 Å². The van der Waals surface area contributed by atoms with Crippen molar-refractivity contribution < 1.29 is 27.1 Å². The third-order valence-electron chi connectivity index (χ3n) is 6.58. The molecule has 4 fully saturated rings. The third kappa shape index (κ3) is 3.48. The Kier molecular flexibility index (Phi) is 4.76. The van der Waals surface area contributed by atoms with Crippen LogP contribution < -0.4 is 5.32 Å². The number of aryl methyl sites for hydroxylation is 1. The van der Waals surface area contributed by atoms with E-state index in [1.54, 1.807) is 6.07 Å². The van der Waals surface area contributed by atoms with E-state index in [0.29, 0.717) is 36.5 Å². The molecule has 1 amide bonds. The van der Waals surface area contributed by atoms with Gasteiger partial charge in [0.15, 0.2) is 5.54 Å². The molecule has 0 saturated carbocycles. The van der Waals surface area contributed by atoms with Crippen LogP contribution in [0.2, 0.25) is 0 Å². The molecule has 2 unspecified atom stereocenters. The average Bonchev–Trinajstić information content (AvgIpc) is 3.10. The number of aromatic amines is 1. The Hall–Kier alpha value is -2.24. The molecular weight excluding hydrogens is 418 g/mol. The summed E-state index contributed by atoms with van der Waals surface area (Å²) >= 11 is 0. The predicted octanol–water partition coefficient (Wildman–Crippen LogP) is 1.72. The molecule has 2 bridgehead atoms. The van der Waals surface area contributed by atoms with E-state index in [1.807, 2.05) is 11.8 Å². The van der Waals surface area contributed by atoms with Gasteiger partial charge in [0.25, 0.3) is 0 Å². The van der Waals surface area contributed by atoms with Crippen LogP contribution >= 0.6 is 0 Å². The number of hydrogen-bond acceptors (Lipinski definition) is 5. The fourth-order valence-electron chi connectivity index (χ4n) is 4.77. The minimum Gasteiger partial charge on any atom is -0.376 e. The highest BCUT2D eigenvalue weighted by Crippen LogP contribution is 2.37. The number of halogens is 4. The lowest BCUT2D eigenvalue weighted by molar-refractivity contribution is -0.266. The fourth-order valence-corrected chi connectivity index (χ4v) is 4.77. The summed E-state index contributed by atoms with van der Waals surface area (Å²) in [6.07, 6.45) is -3.63. The quantitative estimate of drug-likeness (QED) is 0.692. The number of fused-ring (bicyclic) bond motifs is 3. The van der Waals surface area contributed by atoms with E-state index in [2.05, 4.69) is 20.2 Å². The number of nitrogens with one attached hydrogen (secondary N) is 2. The first-order valence-corrected chi connectivity index (χ1v) is 10.2. The average molecular weight is 441 g/mol. The van der Waals surface area contributed by atoms with Gasteiger partial charge in [-0.2, -0.15) is 13.2 Å². The number of H-pyrrole nitrogens is 1. The van der Waals surface area contributed by atoms with Crippen LogP contribution in [-0.2, 0) is 16.1 Å². The number of nitrogens with zero attached hydrogens (tertiary/aromatic N) is 3. The molecule has 1 aromatic heterocycles. The van der Waals surface area contributed by atoms with Crippen LogP contribution in [0.3, 0.4) is 0 Å². The molecule has 2 atom stereocenters. The number of carbonyl (C=O) groups excluding carboxylic acids is 1. The highest BCUT2D eigenvalue weighted by molar-refractivity contribution is 5.80. The summed E-state index contributed by atoms with van der Waals surface area (Å²) in [7, 11) is 0. The number of aromatic nitrogens is 2. The zero-order valence-electron chi connectivity index (χ0n) is 16.9. The second-order valence-electron chi connectivity index (χ2n) is 8.80. The summed E-state index contributed by atoms with van der Waals surface area (Å²) in [5.74, 6) is -0.301. The number of rotatable bonds is 5. The van der Waals surface area contributed by atoms with Crippen molar-refractivity contribution in [2.24, 2.45) is 0 Å². The summed E-state index contributed by atoms with van der Waals surface area (Å²) in [5, 5.41) is 2.14. The van der Waals surface area contributed by atoms with Crippen LogP contribution in [0, 0.1) is 12.7 Å². The van der Waals surface area contributed by atoms with E-state index in [0.717, 1.165) is 12.0 Å². The summed E-state index contributed by atoms with van der Waals surface area (Å²) in [6, 6.07) is 3.32. The highest BCUT2D eigenvalue weighted by Gasteiger charge is 2.61. The van der Waals surface area contributed by atoms with Gasteiger partial charge in [-0.05, 0) is 25.0 Å². The van der Waals surface area contributed by atoms with Crippen LogP contribution in [0.5, 0.6) is 0 Å². The molecule has 0 radical (unpaired) electrons.